The molecule has 1 atom stereocenters. The monoisotopic (exact) mass is 269 g/mol. The van der Waals surface area contributed by atoms with E-state index in [-0.39, 0.29) is 5.91 Å². The lowest BCUT2D eigenvalue weighted by Crippen LogP contribution is -2.33. The molecule has 20 heavy (non-hydrogen) atoms. The normalized spacial score (nSPS) is 25.9. The number of carbonyl (C=O) groups is 1. The zero-order valence-electron chi connectivity index (χ0n) is 11.5. The summed E-state index contributed by atoms with van der Waals surface area (Å²) < 4.78 is 0. The first kappa shape index (κ1) is 12.0. The molecule has 3 heterocycles. The first-order valence-electron chi connectivity index (χ1n) is 7.34. The Bertz CT molecular complexity index is 655. The van der Waals surface area contributed by atoms with Crippen molar-refractivity contribution in [3.63, 3.8) is 0 Å². The zero-order chi connectivity index (χ0) is 13.6. The summed E-state index contributed by atoms with van der Waals surface area (Å²) in [4.78, 5) is 18.0. The molecule has 104 valence electrons. The predicted molar refractivity (Wildman–Crippen MR) is 78.7 cm³/mol. The maximum absolute atomic E-state index is 12.7. The van der Waals surface area contributed by atoms with Gasteiger partial charge in [-0.25, -0.2) is 0 Å². The van der Waals surface area contributed by atoms with Crippen LogP contribution >= 0.6 is 0 Å². The van der Waals surface area contributed by atoms with Crippen molar-refractivity contribution in [1.29, 1.82) is 0 Å². The number of aromatic nitrogens is 1. The predicted octanol–water partition coefficient (Wildman–Crippen LogP) is 1.99. The van der Waals surface area contributed by atoms with Crippen LogP contribution in [0.1, 0.15) is 23.2 Å². The fourth-order valence-corrected chi connectivity index (χ4v) is 3.67. The molecule has 0 saturated carbocycles. The van der Waals surface area contributed by atoms with E-state index in [0.29, 0.717) is 5.41 Å². The van der Waals surface area contributed by atoms with Gasteiger partial charge in [-0.2, -0.15) is 0 Å². The summed E-state index contributed by atoms with van der Waals surface area (Å²) in [5.74, 6) is 0.172. The summed E-state index contributed by atoms with van der Waals surface area (Å²) in [6, 6.07) is 8.00. The minimum atomic E-state index is 0.172. The standard InChI is InChI=1S/C16H19N3O/c20-15(13-9-18-14-4-2-1-3-12(13)14)19-8-6-16(11-19)5-7-17-10-16/h1-4,9,17-18H,5-8,10-11H2. The highest BCUT2D eigenvalue weighted by molar-refractivity contribution is 6.06. The molecule has 2 aromatic rings. The molecular weight excluding hydrogens is 250 g/mol. The number of carbonyl (C=O) groups excluding carboxylic acids is 1. The number of nitrogens with zero attached hydrogens (tertiary/aromatic N) is 1. The van der Waals surface area contributed by atoms with Crippen molar-refractivity contribution in [3.8, 4) is 0 Å². The number of aromatic amines is 1. The van der Waals surface area contributed by atoms with E-state index in [9.17, 15) is 4.79 Å². The number of hydrogen-bond donors (Lipinski definition) is 2. The Kier molecular flexibility index (Phi) is 2.60. The highest BCUT2D eigenvalue weighted by atomic mass is 16.2. The van der Waals surface area contributed by atoms with Gasteiger partial charge in [0.15, 0.2) is 0 Å². The van der Waals surface area contributed by atoms with Gasteiger partial charge in [-0.05, 0) is 25.5 Å². The Labute approximate surface area is 118 Å². The third-order valence-corrected chi connectivity index (χ3v) is 4.88. The number of likely N-dealkylation sites (tertiary alicyclic amines) is 1. The van der Waals surface area contributed by atoms with Crippen LogP contribution in [0.3, 0.4) is 0 Å². The molecule has 2 fully saturated rings. The van der Waals surface area contributed by atoms with E-state index >= 15 is 0 Å². The average Bonchev–Trinajstić information content (AvgIpc) is 3.20. The van der Waals surface area contributed by atoms with E-state index in [1.165, 1.54) is 6.42 Å². The number of H-pyrrole nitrogens is 1. The van der Waals surface area contributed by atoms with Crippen LogP contribution < -0.4 is 5.32 Å². The lowest BCUT2D eigenvalue weighted by atomic mass is 9.86. The van der Waals surface area contributed by atoms with Crippen molar-refractivity contribution < 1.29 is 4.79 Å². The van der Waals surface area contributed by atoms with Crippen molar-refractivity contribution >= 4 is 16.8 Å². The summed E-state index contributed by atoms with van der Waals surface area (Å²) in [6.07, 6.45) is 4.18. The second-order valence-corrected chi connectivity index (χ2v) is 6.15. The first-order chi connectivity index (χ1) is 9.77. The second-order valence-electron chi connectivity index (χ2n) is 6.15. The van der Waals surface area contributed by atoms with Crippen molar-refractivity contribution in [2.45, 2.75) is 12.8 Å². The number of benzene rings is 1. The molecule has 0 aliphatic carbocycles. The molecule has 2 N–H and O–H groups in total. The lowest BCUT2D eigenvalue weighted by Gasteiger charge is -2.22. The Morgan fingerprint density at radius 2 is 2.15 bits per heavy atom. The van der Waals surface area contributed by atoms with E-state index in [1.54, 1.807) is 0 Å². The number of nitrogens with one attached hydrogen (secondary N) is 2. The fraction of sp³-hybridized carbons (Fsp3) is 0.438. The van der Waals surface area contributed by atoms with Gasteiger partial charge < -0.3 is 15.2 Å². The van der Waals surface area contributed by atoms with Gasteiger partial charge in [0.2, 0.25) is 0 Å². The number of hydrogen-bond acceptors (Lipinski definition) is 2. The molecule has 1 aromatic heterocycles. The highest BCUT2D eigenvalue weighted by Crippen LogP contribution is 2.37. The molecule has 0 radical (unpaired) electrons. The Morgan fingerprint density at radius 1 is 1.25 bits per heavy atom. The second kappa shape index (κ2) is 4.35. The van der Waals surface area contributed by atoms with Gasteiger partial charge in [-0.1, -0.05) is 18.2 Å². The number of fused-ring (bicyclic) bond motifs is 1. The van der Waals surface area contributed by atoms with Crippen molar-refractivity contribution in [2.24, 2.45) is 5.41 Å². The third-order valence-electron chi connectivity index (χ3n) is 4.88. The Balaban J connectivity index is 1.62. The van der Waals surface area contributed by atoms with Gasteiger partial charge in [0.25, 0.3) is 5.91 Å². The van der Waals surface area contributed by atoms with E-state index in [0.717, 1.165) is 49.1 Å². The molecule has 1 amide bonds. The van der Waals surface area contributed by atoms with Crippen LogP contribution in [0.5, 0.6) is 0 Å². The molecule has 4 rings (SSSR count). The fourth-order valence-electron chi connectivity index (χ4n) is 3.67. The van der Waals surface area contributed by atoms with Crippen molar-refractivity contribution in [1.82, 2.24) is 15.2 Å². The van der Waals surface area contributed by atoms with Crippen LogP contribution in [0.4, 0.5) is 0 Å². The molecule has 4 heteroatoms. The van der Waals surface area contributed by atoms with E-state index in [2.05, 4.69) is 10.3 Å². The minimum absolute atomic E-state index is 0.172. The maximum atomic E-state index is 12.7. The molecule has 1 spiro atoms. The molecule has 1 aromatic carbocycles. The highest BCUT2D eigenvalue weighted by Gasteiger charge is 2.42. The SMILES string of the molecule is O=C(c1c[nH]c2ccccc12)N1CCC2(CCNC2)C1. The largest absolute Gasteiger partial charge is 0.360 e. The van der Waals surface area contributed by atoms with Crippen molar-refractivity contribution in [2.75, 3.05) is 26.2 Å². The van der Waals surface area contributed by atoms with Crippen LogP contribution in [0, 0.1) is 5.41 Å². The molecule has 2 aliphatic heterocycles. The van der Waals surface area contributed by atoms with Crippen LogP contribution in [0.15, 0.2) is 30.5 Å². The smallest absolute Gasteiger partial charge is 0.256 e. The summed E-state index contributed by atoms with van der Waals surface area (Å²) in [7, 11) is 0. The van der Waals surface area contributed by atoms with Crippen molar-refractivity contribution in [3.05, 3.63) is 36.0 Å². The summed E-state index contributed by atoms with van der Waals surface area (Å²) in [6.45, 7) is 3.94. The number of amides is 1. The van der Waals surface area contributed by atoms with Gasteiger partial charge in [0, 0.05) is 42.1 Å². The van der Waals surface area contributed by atoms with E-state index in [1.807, 2.05) is 35.4 Å². The molecular formula is C16H19N3O. The van der Waals surface area contributed by atoms with E-state index < -0.39 is 0 Å². The summed E-state index contributed by atoms with van der Waals surface area (Å²) >= 11 is 0. The molecule has 4 nitrogen and oxygen atoms in total. The minimum Gasteiger partial charge on any atom is -0.360 e. The van der Waals surface area contributed by atoms with Crippen LogP contribution in [0.2, 0.25) is 0 Å². The molecule has 2 saturated heterocycles. The van der Waals surface area contributed by atoms with Crippen LogP contribution in [0.25, 0.3) is 10.9 Å². The van der Waals surface area contributed by atoms with Gasteiger partial charge in [0.05, 0.1) is 5.56 Å². The van der Waals surface area contributed by atoms with Gasteiger partial charge >= 0.3 is 0 Å². The molecule has 1 unspecified atom stereocenters. The average molecular weight is 269 g/mol. The third kappa shape index (κ3) is 1.75. The van der Waals surface area contributed by atoms with Gasteiger partial charge in [-0.3, -0.25) is 4.79 Å². The van der Waals surface area contributed by atoms with Gasteiger partial charge in [-0.15, -0.1) is 0 Å². The van der Waals surface area contributed by atoms with Gasteiger partial charge in [0.1, 0.15) is 0 Å². The Morgan fingerprint density at radius 3 is 3.00 bits per heavy atom. The topological polar surface area (TPSA) is 48.1 Å². The van der Waals surface area contributed by atoms with Crippen LogP contribution in [-0.4, -0.2) is 42.0 Å². The molecule has 0 bridgehead atoms. The summed E-state index contributed by atoms with van der Waals surface area (Å²) in [5.41, 5.74) is 2.18. The zero-order valence-corrected chi connectivity index (χ0v) is 11.5. The first-order valence-corrected chi connectivity index (χ1v) is 7.34. The Hall–Kier alpha value is -1.81. The maximum Gasteiger partial charge on any atom is 0.256 e. The number of para-hydroxylation sites is 1. The molecule has 2 aliphatic rings. The number of rotatable bonds is 1. The van der Waals surface area contributed by atoms with Crippen LogP contribution in [-0.2, 0) is 0 Å². The lowest BCUT2D eigenvalue weighted by molar-refractivity contribution is 0.0777. The summed E-state index contributed by atoms with van der Waals surface area (Å²) in [5, 5.41) is 4.47. The quantitative estimate of drug-likeness (QED) is 0.832. The van der Waals surface area contributed by atoms with E-state index in [4.69, 9.17) is 0 Å².